The minimum absolute atomic E-state index is 0. The fourth-order valence-corrected chi connectivity index (χ4v) is 2.16. The molecule has 1 aliphatic heterocycles. The van der Waals surface area contributed by atoms with Crippen LogP contribution in [-0.4, -0.2) is 23.7 Å². The highest BCUT2D eigenvalue weighted by Gasteiger charge is 2.33. The standard InChI is InChI=1S/C11H12ClNO2.ClH/c12-8-3-1-7(2-4-8)9-5-6-13-10(9)11(14)15;/h1-4,9-10,13H,5-6H2,(H,14,15);1H/t9?,10-;/m0./s1. The van der Waals surface area contributed by atoms with Crippen LogP contribution in [0.4, 0.5) is 0 Å². The summed E-state index contributed by atoms with van der Waals surface area (Å²) in [5.41, 5.74) is 1.04. The molecular formula is C11H13Cl2NO2. The molecule has 16 heavy (non-hydrogen) atoms. The molecule has 0 aliphatic carbocycles. The molecule has 0 bridgehead atoms. The van der Waals surface area contributed by atoms with E-state index < -0.39 is 12.0 Å². The summed E-state index contributed by atoms with van der Waals surface area (Å²) in [4.78, 5) is 11.0. The normalized spacial score (nSPS) is 23.8. The van der Waals surface area contributed by atoms with E-state index in [0.29, 0.717) is 5.02 Å². The maximum absolute atomic E-state index is 11.0. The van der Waals surface area contributed by atoms with E-state index in [1.165, 1.54) is 0 Å². The lowest BCUT2D eigenvalue weighted by molar-refractivity contribution is -0.139. The number of hydrogen-bond acceptors (Lipinski definition) is 2. The Bertz CT molecular complexity index is 367. The Kier molecular flexibility index (Phi) is 4.59. The van der Waals surface area contributed by atoms with Crippen molar-refractivity contribution in [2.45, 2.75) is 18.4 Å². The van der Waals surface area contributed by atoms with E-state index in [1.54, 1.807) is 12.1 Å². The highest BCUT2D eigenvalue weighted by Crippen LogP contribution is 2.28. The third-order valence-corrected chi connectivity index (χ3v) is 3.04. The Balaban J connectivity index is 0.00000128. The van der Waals surface area contributed by atoms with Crippen molar-refractivity contribution in [3.05, 3.63) is 34.9 Å². The van der Waals surface area contributed by atoms with Gasteiger partial charge in [-0.1, -0.05) is 23.7 Å². The monoisotopic (exact) mass is 261 g/mol. The lowest BCUT2D eigenvalue weighted by Crippen LogP contribution is -2.34. The first-order valence-corrected chi connectivity index (χ1v) is 5.28. The van der Waals surface area contributed by atoms with Gasteiger partial charge in [0.05, 0.1) is 0 Å². The zero-order chi connectivity index (χ0) is 10.8. The quantitative estimate of drug-likeness (QED) is 0.859. The van der Waals surface area contributed by atoms with Gasteiger partial charge in [-0.15, -0.1) is 12.4 Å². The molecule has 2 atom stereocenters. The topological polar surface area (TPSA) is 49.3 Å². The predicted molar refractivity (Wildman–Crippen MR) is 65.5 cm³/mol. The SMILES string of the molecule is Cl.O=C(O)[C@H]1NCCC1c1ccc(Cl)cc1. The summed E-state index contributed by atoms with van der Waals surface area (Å²) >= 11 is 5.79. The molecule has 88 valence electrons. The number of nitrogens with one attached hydrogen (secondary N) is 1. The van der Waals surface area contributed by atoms with Gasteiger partial charge in [-0.2, -0.15) is 0 Å². The summed E-state index contributed by atoms with van der Waals surface area (Å²) in [6.45, 7) is 0.754. The van der Waals surface area contributed by atoms with Gasteiger partial charge in [0.1, 0.15) is 6.04 Å². The molecule has 0 saturated carbocycles. The number of carbonyl (C=O) groups is 1. The summed E-state index contributed by atoms with van der Waals surface area (Å²) < 4.78 is 0. The third kappa shape index (κ3) is 2.67. The summed E-state index contributed by atoms with van der Waals surface area (Å²) in [6.07, 6.45) is 0.860. The molecule has 0 amide bonds. The molecule has 1 heterocycles. The molecule has 3 nitrogen and oxygen atoms in total. The van der Waals surface area contributed by atoms with Crippen molar-refractivity contribution < 1.29 is 9.90 Å². The van der Waals surface area contributed by atoms with Gasteiger partial charge in [0.15, 0.2) is 0 Å². The number of carboxylic acid groups (broad SMARTS) is 1. The number of carboxylic acids is 1. The lowest BCUT2D eigenvalue weighted by Gasteiger charge is -2.15. The maximum Gasteiger partial charge on any atom is 0.321 e. The summed E-state index contributed by atoms with van der Waals surface area (Å²) in [5, 5.41) is 12.7. The van der Waals surface area contributed by atoms with E-state index in [4.69, 9.17) is 16.7 Å². The van der Waals surface area contributed by atoms with E-state index >= 15 is 0 Å². The Morgan fingerprint density at radius 2 is 2.00 bits per heavy atom. The van der Waals surface area contributed by atoms with Gasteiger partial charge >= 0.3 is 5.97 Å². The fourth-order valence-electron chi connectivity index (χ4n) is 2.03. The first kappa shape index (κ1) is 13.3. The van der Waals surface area contributed by atoms with Crippen molar-refractivity contribution in [2.75, 3.05) is 6.54 Å². The van der Waals surface area contributed by atoms with Crippen LogP contribution in [0.3, 0.4) is 0 Å². The zero-order valence-electron chi connectivity index (χ0n) is 8.52. The number of hydrogen-bond donors (Lipinski definition) is 2. The Morgan fingerprint density at radius 1 is 1.38 bits per heavy atom. The van der Waals surface area contributed by atoms with Gasteiger partial charge in [-0.25, -0.2) is 0 Å². The molecule has 0 aromatic heterocycles. The molecular weight excluding hydrogens is 249 g/mol. The number of rotatable bonds is 2. The van der Waals surface area contributed by atoms with Crippen molar-refractivity contribution in [2.24, 2.45) is 0 Å². The van der Waals surface area contributed by atoms with Crippen molar-refractivity contribution >= 4 is 30.0 Å². The number of halogens is 2. The molecule has 1 saturated heterocycles. The van der Waals surface area contributed by atoms with Gasteiger partial charge in [0, 0.05) is 10.9 Å². The van der Waals surface area contributed by atoms with Crippen LogP contribution in [0.15, 0.2) is 24.3 Å². The van der Waals surface area contributed by atoms with E-state index in [-0.39, 0.29) is 18.3 Å². The molecule has 1 aliphatic rings. The lowest BCUT2D eigenvalue weighted by atomic mass is 9.92. The molecule has 1 aromatic rings. The van der Waals surface area contributed by atoms with Crippen LogP contribution in [0.5, 0.6) is 0 Å². The van der Waals surface area contributed by atoms with E-state index in [0.717, 1.165) is 18.5 Å². The smallest absolute Gasteiger partial charge is 0.321 e. The molecule has 1 unspecified atom stereocenters. The average Bonchev–Trinajstić information content (AvgIpc) is 2.67. The van der Waals surface area contributed by atoms with Crippen LogP contribution in [0, 0.1) is 0 Å². The third-order valence-electron chi connectivity index (χ3n) is 2.79. The molecule has 0 spiro atoms. The molecule has 2 rings (SSSR count). The second-order valence-corrected chi connectivity index (χ2v) is 4.15. The molecule has 1 fully saturated rings. The van der Waals surface area contributed by atoms with Gasteiger partial charge in [-0.3, -0.25) is 4.79 Å². The highest BCUT2D eigenvalue weighted by molar-refractivity contribution is 6.30. The predicted octanol–water partition coefficient (Wildman–Crippen LogP) is 2.29. The Hall–Kier alpha value is -0.770. The summed E-state index contributed by atoms with van der Waals surface area (Å²) in [6, 6.07) is 6.93. The van der Waals surface area contributed by atoms with Gasteiger partial charge < -0.3 is 10.4 Å². The number of aliphatic carboxylic acids is 1. The summed E-state index contributed by atoms with van der Waals surface area (Å²) in [7, 11) is 0. The van der Waals surface area contributed by atoms with Crippen molar-refractivity contribution in [1.29, 1.82) is 0 Å². The van der Waals surface area contributed by atoms with Crippen molar-refractivity contribution in [1.82, 2.24) is 5.32 Å². The van der Waals surface area contributed by atoms with Crippen LogP contribution < -0.4 is 5.32 Å². The van der Waals surface area contributed by atoms with E-state index in [1.807, 2.05) is 12.1 Å². The molecule has 0 radical (unpaired) electrons. The van der Waals surface area contributed by atoms with Crippen LogP contribution in [0.25, 0.3) is 0 Å². The first-order chi connectivity index (χ1) is 7.18. The minimum Gasteiger partial charge on any atom is -0.480 e. The zero-order valence-corrected chi connectivity index (χ0v) is 10.1. The Morgan fingerprint density at radius 3 is 2.56 bits per heavy atom. The Labute approximate surface area is 105 Å². The fraction of sp³-hybridized carbons (Fsp3) is 0.364. The van der Waals surface area contributed by atoms with Gasteiger partial charge in [-0.05, 0) is 30.7 Å². The maximum atomic E-state index is 11.0. The molecule has 2 N–H and O–H groups in total. The first-order valence-electron chi connectivity index (χ1n) is 4.90. The molecule has 1 aromatic carbocycles. The van der Waals surface area contributed by atoms with Gasteiger partial charge in [0.2, 0.25) is 0 Å². The van der Waals surface area contributed by atoms with Gasteiger partial charge in [0.25, 0.3) is 0 Å². The van der Waals surface area contributed by atoms with Crippen molar-refractivity contribution in [3.8, 4) is 0 Å². The summed E-state index contributed by atoms with van der Waals surface area (Å²) in [5.74, 6) is -0.729. The van der Waals surface area contributed by atoms with Crippen LogP contribution >= 0.6 is 24.0 Å². The van der Waals surface area contributed by atoms with Crippen LogP contribution in [0.2, 0.25) is 5.02 Å². The second kappa shape index (κ2) is 5.53. The van der Waals surface area contributed by atoms with E-state index in [9.17, 15) is 4.79 Å². The van der Waals surface area contributed by atoms with E-state index in [2.05, 4.69) is 5.32 Å². The van der Waals surface area contributed by atoms with Crippen molar-refractivity contribution in [3.63, 3.8) is 0 Å². The van der Waals surface area contributed by atoms with Crippen LogP contribution in [0.1, 0.15) is 17.9 Å². The second-order valence-electron chi connectivity index (χ2n) is 3.72. The number of benzene rings is 1. The molecule has 5 heteroatoms. The van der Waals surface area contributed by atoms with Crippen LogP contribution in [-0.2, 0) is 4.79 Å². The highest BCUT2D eigenvalue weighted by atomic mass is 35.5. The minimum atomic E-state index is -0.785. The largest absolute Gasteiger partial charge is 0.480 e. The average molecular weight is 262 g/mol.